The molecule has 0 amide bonds. The molecule has 0 aliphatic rings. The van der Waals surface area contributed by atoms with Crippen LogP contribution in [-0.4, -0.2) is 11.1 Å². The van der Waals surface area contributed by atoms with Crippen molar-refractivity contribution in [3.63, 3.8) is 0 Å². The molecule has 1 N–H and O–H groups in total. The summed E-state index contributed by atoms with van der Waals surface area (Å²) >= 11 is 0. The molecule has 2 nitrogen and oxygen atoms in total. The minimum atomic E-state index is -0.769. The second-order valence-corrected chi connectivity index (χ2v) is 4.11. The lowest BCUT2D eigenvalue weighted by atomic mass is 9.93. The first-order chi connectivity index (χ1) is 7.04. The number of carboxylic acids is 1. The Morgan fingerprint density at radius 1 is 1.40 bits per heavy atom. The quantitative estimate of drug-likeness (QED) is 0.822. The van der Waals surface area contributed by atoms with E-state index in [4.69, 9.17) is 5.11 Å². The maximum Gasteiger partial charge on any atom is 0.307 e. The maximum atomic E-state index is 10.6. The molecule has 0 atom stereocenters. The number of benzene rings is 1. The Balaban J connectivity index is 3.04. The normalized spacial score (nSPS) is 10.7. The van der Waals surface area contributed by atoms with Gasteiger partial charge in [-0.15, -0.1) is 0 Å². The summed E-state index contributed by atoms with van der Waals surface area (Å²) in [6, 6.07) is 5.99. The van der Waals surface area contributed by atoms with Gasteiger partial charge in [-0.1, -0.05) is 39.0 Å². The van der Waals surface area contributed by atoms with Crippen LogP contribution in [0.2, 0.25) is 0 Å². The smallest absolute Gasteiger partial charge is 0.307 e. The molecule has 15 heavy (non-hydrogen) atoms. The van der Waals surface area contributed by atoms with Gasteiger partial charge in [0.1, 0.15) is 0 Å². The first-order valence-electron chi connectivity index (χ1n) is 5.38. The van der Waals surface area contributed by atoms with Crippen molar-refractivity contribution in [2.45, 2.75) is 39.5 Å². The summed E-state index contributed by atoms with van der Waals surface area (Å²) in [5.74, 6) is -0.317. The van der Waals surface area contributed by atoms with Gasteiger partial charge in [0.2, 0.25) is 0 Å². The Bertz CT molecular complexity index is 354. The predicted octanol–water partition coefficient (Wildman–Crippen LogP) is 3.00. The van der Waals surface area contributed by atoms with Crippen molar-refractivity contribution in [1.29, 1.82) is 0 Å². The molecule has 82 valence electrons. The molecule has 1 rings (SSSR count). The van der Waals surface area contributed by atoms with Gasteiger partial charge in [-0.25, -0.2) is 0 Å². The molecule has 0 radical (unpaired) electrons. The van der Waals surface area contributed by atoms with Crippen LogP contribution in [-0.2, 0) is 17.6 Å². The summed E-state index contributed by atoms with van der Waals surface area (Å²) in [7, 11) is 0. The number of carboxylic acid groups (broad SMARTS) is 1. The lowest BCUT2D eigenvalue weighted by Gasteiger charge is -2.12. The number of hydrogen-bond acceptors (Lipinski definition) is 1. The SMILES string of the molecule is CCc1ccc(CC(=O)O)cc1C(C)C. The Hall–Kier alpha value is -1.31. The van der Waals surface area contributed by atoms with Gasteiger partial charge < -0.3 is 5.11 Å². The highest BCUT2D eigenvalue weighted by atomic mass is 16.4. The molecule has 0 aliphatic carbocycles. The molecule has 0 aliphatic heterocycles. The zero-order chi connectivity index (χ0) is 11.4. The zero-order valence-corrected chi connectivity index (χ0v) is 9.58. The fraction of sp³-hybridized carbons (Fsp3) is 0.462. The van der Waals surface area contributed by atoms with E-state index in [-0.39, 0.29) is 6.42 Å². The Labute approximate surface area is 90.9 Å². The van der Waals surface area contributed by atoms with E-state index >= 15 is 0 Å². The van der Waals surface area contributed by atoms with Crippen LogP contribution in [0.25, 0.3) is 0 Å². The minimum Gasteiger partial charge on any atom is -0.481 e. The fourth-order valence-corrected chi connectivity index (χ4v) is 1.79. The molecule has 0 saturated heterocycles. The van der Waals surface area contributed by atoms with Crippen LogP contribution < -0.4 is 0 Å². The van der Waals surface area contributed by atoms with E-state index in [1.165, 1.54) is 11.1 Å². The highest BCUT2D eigenvalue weighted by molar-refractivity contribution is 5.70. The predicted molar refractivity (Wildman–Crippen MR) is 61.2 cm³/mol. The van der Waals surface area contributed by atoms with Gasteiger partial charge in [0.25, 0.3) is 0 Å². The molecule has 0 unspecified atom stereocenters. The van der Waals surface area contributed by atoms with E-state index < -0.39 is 5.97 Å². The van der Waals surface area contributed by atoms with E-state index in [0.29, 0.717) is 5.92 Å². The molecular formula is C13H18O2. The van der Waals surface area contributed by atoms with Crippen molar-refractivity contribution in [2.24, 2.45) is 0 Å². The molecule has 2 heteroatoms. The first-order valence-corrected chi connectivity index (χ1v) is 5.38. The number of aryl methyl sites for hydroxylation is 1. The second kappa shape index (κ2) is 4.96. The maximum absolute atomic E-state index is 10.6. The Kier molecular flexibility index (Phi) is 3.89. The van der Waals surface area contributed by atoms with E-state index in [1.54, 1.807) is 0 Å². The molecule has 0 spiro atoms. The van der Waals surface area contributed by atoms with Crippen molar-refractivity contribution >= 4 is 5.97 Å². The summed E-state index contributed by atoms with van der Waals surface area (Å²) < 4.78 is 0. The highest BCUT2D eigenvalue weighted by Gasteiger charge is 2.08. The number of carbonyl (C=O) groups is 1. The summed E-state index contributed by atoms with van der Waals surface area (Å²) in [5.41, 5.74) is 3.48. The molecular weight excluding hydrogens is 188 g/mol. The van der Waals surface area contributed by atoms with Gasteiger partial charge in [-0.05, 0) is 29.0 Å². The third-order valence-corrected chi connectivity index (χ3v) is 2.57. The Morgan fingerprint density at radius 2 is 2.07 bits per heavy atom. The van der Waals surface area contributed by atoms with Crippen LogP contribution in [0, 0.1) is 0 Å². The molecule has 0 aromatic heterocycles. The Morgan fingerprint density at radius 3 is 2.53 bits per heavy atom. The summed E-state index contributed by atoms with van der Waals surface area (Å²) in [4.78, 5) is 10.6. The van der Waals surface area contributed by atoms with Gasteiger partial charge in [-0.3, -0.25) is 4.79 Å². The lowest BCUT2D eigenvalue weighted by Crippen LogP contribution is -2.03. The average molecular weight is 206 g/mol. The van der Waals surface area contributed by atoms with Gasteiger partial charge in [0, 0.05) is 0 Å². The molecule has 0 saturated carbocycles. The summed E-state index contributed by atoms with van der Waals surface area (Å²) in [5, 5.41) is 8.72. The lowest BCUT2D eigenvalue weighted by molar-refractivity contribution is -0.136. The third kappa shape index (κ3) is 3.08. The van der Waals surface area contributed by atoms with Crippen molar-refractivity contribution in [1.82, 2.24) is 0 Å². The second-order valence-electron chi connectivity index (χ2n) is 4.11. The van der Waals surface area contributed by atoms with Crippen molar-refractivity contribution in [3.05, 3.63) is 34.9 Å². The van der Waals surface area contributed by atoms with E-state index in [2.05, 4.69) is 20.8 Å². The molecule has 0 heterocycles. The van der Waals surface area contributed by atoms with Crippen LogP contribution in [0.4, 0.5) is 0 Å². The van der Waals surface area contributed by atoms with E-state index in [1.807, 2.05) is 18.2 Å². The average Bonchev–Trinajstić information content (AvgIpc) is 2.16. The number of aliphatic carboxylic acids is 1. The van der Waals surface area contributed by atoms with Crippen molar-refractivity contribution < 1.29 is 9.90 Å². The van der Waals surface area contributed by atoms with Crippen LogP contribution in [0.15, 0.2) is 18.2 Å². The molecule has 0 bridgehead atoms. The molecule has 1 aromatic carbocycles. The van der Waals surface area contributed by atoms with Gasteiger partial charge in [0.05, 0.1) is 6.42 Å². The third-order valence-electron chi connectivity index (χ3n) is 2.57. The number of rotatable bonds is 4. The number of hydrogen-bond donors (Lipinski definition) is 1. The van der Waals surface area contributed by atoms with Crippen LogP contribution in [0.1, 0.15) is 43.4 Å². The monoisotopic (exact) mass is 206 g/mol. The first kappa shape index (κ1) is 11.8. The van der Waals surface area contributed by atoms with E-state index in [0.717, 1.165) is 12.0 Å². The van der Waals surface area contributed by atoms with Crippen LogP contribution in [0.5, 0.6) is 0 Å². The summed E-state index contributed by atoms with van der Waals surface area (Å²) in [6.45, 7) is 6.40. The summed E-state index contributed by atoms with van der Waals surface area (Å²) in [6.07, 6.45) is 1.12. The van der Waals surface area contributed by atoms with Gasteiger partial charge >= 0.3 is 5.97 Å². The van der Waals surface area contributed by atoms with Gasteiger partial charge in [0.15, 0.2) is 0 Å². The minimum absolute atomic E-state index is 0.115. The standard InChI is InChI=1S/C13H18O2/c1-4-11-6-5-10(8-13(14)15)7-12(11)9(2)3/h5-7,9H,4,8H2,1-3H3,(H,14,15). The largest absolute Gasteiger partial charge is 0.481 e. The zero-order valence-electron chi connectivity index (χ0n) is 9.58. The molecule has 0 fully saturated rings. The van der Waals surface area contributed by atoms with E-state index in [9.17, 15) is 4.79 Å². The van der Waals surface area contributed by atoms with Crippen LogP contribution >= 0.6 is 0 Å². The van der Waals surface area contributed by atoms with Crippen molar-refractivity contribution in [3.8, 4) is 0 Å². The van der Waals surface area contributed by atoms with Gasteiger partial charge in [-0.2, -0.15) is 0 Å². The van der Waals surface area contributed by atoms with Crippen molar-refractivity contribution in [2.75, 3.05) is 0 Å². The molecule has 1 aromatic rings. The fourth-order valence-electron chi connectivity index (χ4n) is 1.79. The highest BCUT2D eigenvalue weighted by Crippen LogP contribution is 2.21. The van der Waals surface area contributed by atoms with Crippen LogP contribution in [0.3, 0.4) is 0 Å². The topological polar surface area (TPSA) is 37.3 Å².